The van der Waals surface area contributed by atoms with Crippen molar-refractivity contribution in [1.82, 2.24) is 5.32 Å². The summed E-state index contributed by atoms with van der Waals surface area (Å²) in [7, 11) is 0. The maximum Gasteiger partial charge on any atom is 0.333 e. The van der Waals surface area contributed by atoms with Crippen LogP contribution in [0.15, 0.2) is 77.4 Å². The lowest BCUT2D eigenvalue weighted by Gasteiger charge is -2.21. The van der Waals surface area contributed by atoms with Crippen molar-refractivity contribution in [2.45, 2.75) is 39.0 Å². The van der Waals surface area contributed by atoms with Gasteiger partial charge in [0.2, 0.25) is 5.91 Å². The molecule has 0 unspecified atom stereocenters. The molecule has 0 spiro atoms. The fourth-order valence-electron chi connectivity index (χ4n) is 4.41. The van der Waals surface area contributed by atoms with Gasteiger partial charge in [0.25, 0.3) is 0 Å². The number of furan rings is 1. The average molecular weight is 499 g/mol. The van der Waals surface area contributed by atoms with Gasteiger partial charge in [-0.2, -0.15) is 0 Å². The van der Waals surface area contributed by atoms with Crippen molar-refractivity contribution >= 4 is 22.8 Å². The van der Waals surface area contributed by atoms with Crippen LogP contribution < -0.4 is 15.8 Å². The van der Waals surface area contributed by atoms with Crippen LogP contribution in [0.4, 0.5) is 0 Å². The third kappa shape index (κ3) is 5.52. The number of nitrogens with two attached hydrogens (primary N) is 1. The minimum absolute atomic E-state index is 0.0390. The summed E-state index contributed by atoms with van der Waals surface area (Å²) in [6, 6.07) is 20.4. The number of hydrogen-bond donors (Lipinski definition) is 2. The zero-order valence-electron chi connectivity index (χ0n) is 20.7. The lowest BCUT2D eigenvalue weighted by molar-refractivity contribution is -0.147. The molecule has 1 aliphatic rings. The van der Waals surface area contributed by atoms with Crippen LogP contribution in [-0.4, -0.2) is 18.5 Å². The first-order valence-corrected chi connectivity index (χ1v) is 12.6. The molecule has 0 saturated heterocycles. The Bertz CT molecular complexity index is 1420. The highest BCUT2D eigenvalue weighted by Crippen LogP contribution is 2.34. The van der Waals surface area contributed by atoms with Crippen molar-refractivity contribution < 1.29 is 23.5 Å². The molecule has 7 heteroatoms. The van der Waals surface area contributed by atoms with Gasteiger partial charge in [-0.3, -0.25) is 4.79 Å². The Morgan fingerprint density at radius 1 is 1.05 bits per heavy atom. The molecular formula is C30H30N2O5. The molecule has 1 saturated carbocycles. The minimum atomic E-state index is -0.935. The number of nitrogens with one attached hydrogen (secondary N) is 1. The van der Waals surface area contributed by atoms with Gasteiger partial charge in [-0.15, -0.1) is 0 Å². The van der Waals surface area contributed by atoms with Crippen LogP contribution in [0.1, 0.15) is 42.5 Å². The molecule has 0 bridgehead atoms. The fourth-order valence-corrected chi connectivity index (χ4v) is 4.41. The first-order valence-electron chi connectivity index (χ1n) is 12.6. The Kier molecular flexibility index (Phi) is 7.23. The molecule has 3 N–H and O–H groups in total. The molecule has 4 aromatic rings. The van der Waals surface area contributed by atoms with Gasteiger partial charge in [0.05, 0.1) is 12.9 Å². The molecule has 1 heterocycles. The minimum Gasteiger partial charge on any atom is -0.489 e. The SMILES string of the molecule is CCOC(=O)[C@H](NC(=O)C1CC1)c1ccccc1OCc1cc(-c2cccc(CN)c2)c2occc2c1. The summed E-state index contributed by atoms with van der Waals surface area (Å²) in [5, 5.41) is 3.83. The van der Waals surface area contributed by atoms with Crippen LogP contribution in [0.5, 0.6) is 5.75 Å². The van der Waals surface area contributed by atoms with Gasteiger partial charge >= 0.3 is 5.97 Å². The molecule has 190 valence electrons. The second kappa shape index (κ2) is 10.9. The molecule has 0 radical (unpaired) electrons. The molecule has 1 atom stereocenters. The molecule has 1 fully saturated rings. The summed E-state index contributed by atoms with van der Waals surface area (Å²) >= 11 is 0. The molecule has 1 aromatic heterocycles. The van der Waals surface area contributed by atoms with Crippen molar-refractivity contribution in [3.8, 4) is 16.9 Å². The number of carbonyl (C=O) groups excluding carboxylic acids is 2. The van der Waals surface area contributed by atoms with Gasteiger partial charge < -0.3 is 24.9 Å². The molecule has 1 aliphatic carbocycles. The van der Waals surface area contributed by atoms with E-state index in [1.807, 2.05) is 48.5 Å². The van der Waals surface area contributed by atoms with E-state index in [2.05, 4.69) is 11.4 Å². The van der Waals surface area contributed by atoms with E-state index in [1.165, 1.54) is 0 Å². The molecule has 3 aromatic carbocycles. The number of ether oxygens (including phenoxy) is 2. The highest BCUT2D eigenvalue weighted by atomic mass is 16.5. The number of esters is 1. The number of rotatable bonds is 10. The van der Waals surface area contributed by atoms with Crippen molar-refractivity contribution in [3.63, 3.8) is 0 Å². The molecule has 0 aliphatic heterocycles. The van der Waals surface area contributed by atoms with Gasteiger partial charge in [0.15, 0.2) is 6.04 Å². The standard InChI is InChI=1S/C30H30N2O5/c1-2-35-30(34)27(32-29(33)21-10-11-21)24-8-3-4-9-26(24)37-18-20-15-23-12-13-36-28(23)25(16-20)22-7-5-6-19(14-22)17-31/h3-9,12-16,21,27H,2,10-11,17-18,31H2,1H3,(H,32,33)/t27-/m1/s1. The lowest BCUT2D eigenvalue weighted by Crippen LogP contribution is -2.36. The van der Waals surface area contributed by atoms with E-state index in [1.54, 1.807) is 25.3 Å². The first-order chi connectivity index (χ1) is 18.1. The monoisotopic (exact) mass is 498 g/mol. The van der Waals surface area contributed by atoms with Crippen molar-refractivity contribution in [2.24, 2.45) is 11.7 Å². The van der Waals surface area contributed by atoms with Crippen LogP contribution in [0.25, 0.3) is 22.1 Å². The predicted molar refractivity (Wildman–Crippen MR) is 141 cm³/mol. The summed E-state index contributed by atoms with van der Waals surface area (Å²) in [6.45, 7) is 2.67. The van der Waals surface area contributed by atoms with Crippen molar-refractivity contribution in [1.29, 1.82) is 0 Å². The number of fused-ring (bicyclic) bond motifs is 1. The molecule has 1 amide bonds. The van der Waals surface area contributed by atoms with Gasteiger partial charge in [-0.05, 0) is 66.8 Å². The van der Waals surface area contributed by atoms with Gasteiger partial charge in [-0.1, -0.05) is 36.4 Å². The Hall–Kier alpha value is -4.10. The van der Waals surface area contributed by atoms with E-state index >= 15 is 0 Å². The number of para-hydroxylation sites is 1. The Balaban J connectivity index is 1.43. The summed E-state index contributed by atoms with van der Waals surface area (Å²) in [5.74, 6) is -0.171. The van der Waals surface area contributed by atoms with E-state index in [0.717, 1.165) is 46.1 Å². The largest absolute Gasteiger partial charge is 0.489 e. The molecule has 7 nitrogen and oxygen atoms in total. The maximum atomic E-state index is 12.8. The van der Waals surface area contributed by atoms with E-state index in [9.17, 15) is 9.59 Å². The fraction of sp³-hybridized carbons (Fsp3) is 0.267. The number of benzene rings is 3. The zero-order valence-corrected chi connectivity index (χ0v) is 20.7. The number of amides is 1. The third-order valence-electron chi connectivity index (χ3n) is 6.47. The summed E-state index contributed by atoms with van der Waals surface area (Å²) < 4.78 is 17.3. The van der Waals surface area contributed by atoms with E-state index in [-0.39, 0.29) is 25.0 Å². The Morgan fingerprint density at radius 3 is 2.68 bits per heavy atom. The number of carbonyl (C=O) groups is 2. The first kappa shape index (κ1) is 24.6. The zero-order chi connectivity index (χ0) is 25.8. The van der Waals surface area contributed by atoms with Crippen molar-refractivity contribution in [2.75, 3.05) is 6.61 Å². The Morgan fingerprint density at radius 2 is 1.89 bits per heavy atom. The van der Waals surface area contributed by atoms with E-state index in [0.29, 0.717) is 17.9 Å². The normalized spacial score (nSPS) is 13.8. The summed E-state index contributed by atoms with van der Waals surface area (Å²) in [6.07, 6.45) is 3.35. The van der Waals surface area contributed by atoms with Crippen LogP contribution in [0.2, 0.25) is 0 Å². The average Bonchev–Trinajstić information content (AvgIpc) is 3.67. The maximum absolute atomic E-state index is 12.8. The smallest absolute Gasteiger partial charge is 0.333 e. The molecular weight excluding hydrogens is 468 g/mol. The lowest BCUT2D eigenvalue weighted by atomic mass is 9.99. The number of hydrogen-bond acceptors (Lipinski definition) is 6. The van der Waals surface area contributed by atoms with E-state index < -0.39 is 12.0 Å². The summed E-state index contributed by atoms with van der Waals surface area (Å²) in [4.78, 5) is 25.3. The highest BCUT2D eigenvalue weighted by Gasteiger charge is 2.34. The molecule has 37 heavy (non-hydrogen) atoms. The second-order valence-electron chi connectivity index (χ2n) is 9.18. The van der Waals surface area contributed by atoms with Gasteiger partial charge in [0.1, 0.15) is 17.9 Å². The highest BCUT2D eigenvalue weighted by molar-refractivity contribution is 5.93. The summed E-state index contributed by atoms with van der Waals surface area (Å²) in [5.41, 5.74) is 11.1. The van der Waals surface area contributed by atoms with Crippen LogP contribution in [0, 0.1) is 5.92 Å². The van der Waals surface area contributed by atoms with Crippen LogP contribution in [-0.2, 0) is 27.5 Å². The van der Waals surface area contributed by atoms with Crippen LogP contribution >= 0.6 is 0 Å². The molecule has 5 rings (SSSR count). The topological polar surface area (TPSA) is 104 Å². The van der Waals surface area contributed by atoms with Gasteiger partial charge in [-0.25, -0.2) is 4.79 Å². The van der Waals surface area contributed by atoms with Crippen LogP contribution in [0.3, 0.4) is 0 Å². The predicted octanol–water partition coefficient (Wildman–Crippen LogP) is 5.27. The third-order valence-corrected chi connectivity index (χ3v) is 6.47. The quantitative estimate of drug-likeness (QED) is 0.289. The van der Waals surface area contributed by atoms with Crippen molar-refractivity contribution in [3.05, 3.63) is 89.7 Å². The van der Waals surface area contributed by atoms with E-state index in [4.69, 9.17) is 19.6 Å². The Labute approximate surface area is 215 Å². The second-order valence-corrected chi connectivity index (χ2v) is 9.18. The van der Waals surface area contributed by atoms with Gasteiger partial charge in [0, 0.05) is 29.0 Å².